The molecule has 0 bridgehead atoms. The van der Waals surface area contributed by atoms with E-state index in [4.69, 9.17) is 14.2 Å². The average Bonchev–Trinajstić information content (AvgIpc) is 3.35. The van der Waals surface area contributed by atoms with Crippen LogP contribution in [0.5, 0.6) is 11.5 Å². The van der Waals surface area contributed by atoms with E-state index in [1.54, 1.807) is 18.3 Å². The van der Waals surface area contributed by atoms with E-state index in [0.717, 1.165) is 18.4 Å². The molecule has 138 valence electrons. The molecule has 0 amide bonds. The van der Waals surface area contributed by atoms with Crippen molar-refractivity contribution in [1.29, 1.82) is 0 Å². The molecule has 4 heterocycles. The average molecular weight is 367 g/mol. The van der Waals surface area contributed by atoms with Crippen LogP contribution >= 0.6 is 0 Å². The van der Waals surface area contributed by atoms with Crippen LogP contribution in [0.3, 0.4) is 0 Å². The van der Waals surface area contributed by atoms with Gasteiger partial charge >= 0.3 is 5.69 Å². The minimum atomic E-state index is -0.474. The lowest BCUT2D eigenvalue weighted by Gasteiger charge is -2.14. The van der Waals surface area contributed by atoms with Crippen molar-refractivity contribution in [1.82, 2.24) is 14.5 Å². The predicted molar refractivity (Wildman–Crippen MR) is 97.2 cm³/mol. The summed E-state index contributed by atoms with van der Waals surface area (Å²) in [5.74, 6) is 1.29. The zero-order valence-electron chi connectivity index (χ0n) is 14.4. The second kappa shape index (κ2) is 6.24. The number of rotatable bonds is 3. The number of fused-ring (bicyclic) bond motifs is 2. The molecule has 1 atom stereocenters. The Hall–Kier alpha value is -3.13. The number of pyridine rings is 1. The zero-order valence-corrected chi connectivity index (χ0v) is 14.4. The summed E-state index contributed by atoms with van der Waals surface area (Å²) in [5.41, 5.74) is 0.896. The fourth-order valence-corrected chi connectivity index (χ4v) is 3.67. The second-order valence-electron chi connectivity index (χ2n) is 6.63. The number of hydrogen-bond acceptors (Lipinski definition) is 6. The van der Waals surface area contributed by atoms with Gasteiger partial charge in [0.2, 0.25) is 6.79 Å². The molecule has 8 nitrogen and oxygen atoms in total. The number of nitrogens with zero attached hydrogens (tertiary/aromatic N) is 2. The first-order valence-electron chi connectivity index (χ1n) is 8.84. The molecule has 2 aromatic heterocycles. The molecule has 1 aromatic carbocycles. The first-order chi connectivity index (χ1) is 13.2. The minimum absolute atomic E-state index is 0.0483. The van der Waals surface area contributed by atoms with E-state index >= 15 is 0 Å². The van der Waals surface area contributed by atoms with Gasteiger partial charge in [0.15, 0.2) is 11.5 Å². The van der Waals surface area contributed by atoms with Crippen molar-refractivity contribution in [2.75, 3.05) is 13.4 Å². The van der Waals surface area contributed by atoms with Crippen molar-refractivity contribution in [3.8, 4) is 22.6 Å². The third-order valence-corrected chi connectivity index (χ3v) is 4.97. The topological polar surface area (TPSA) is 95.4 Å². The first-order valence-corrected chi connectivity index (χ1v) is 8.84. The smallest absolute Gasteiger partial charge is 0.330 e. The highest BCUT2D eigenvalue weighted by Gasteiger charge is 2.21. The molecule has 1 N–H and O–H groups in total. The summed E-state index contributed by atoms with van der Waals surface area (Å²) in [4.78, 5) is 31.8. The molecule has 27 heavy (non-hydrogen) atoms. The van der Waals surface area contributed by atoms with Crippen LogP contribution < -0.4 is 20.7 Å². The Morgan fingerprint density at radius 3 is 2.93 bits per heavy atom. The molecule has 2 aliphatic rings. The summed E-state index contributed by atoms with van der Waals surface area (Å²) in [5, 5.41) is 0.369. The maximum atomic E-state index is 12.6. The highest BCUT2D eigenvalue weighted by molar-refractivity contribution is 5.92. The Bertz CT molecular complexity index is 1140. The second-order valence-corrected chi connectivity index (χ2v) is 6.63. The molecule has 5 rings (SSSR count). The number of ether oxygens (including phenoxy) is 3. The molecule has 0 aliphatic carbocycles. The van der Waals surface area contributed by atoms with Crippen LogP contribution in [-0.2, 0) is 11.3 Å². The van der Waals surface area contributed by atoms with Gasteiger partial charge in [-0.05, 0) is 42.2 Å². The third-order valence-electron chi connectivity index (χ3n) is 4.97. The number of aromatic amines is 1. The van der Waals surface area contributed by atoms with Crippen molar-refractivity contribution < 1.29 is 14.2 Å². The van der Waals surface area contributed by atoms with Crippen LogP contribution in [0.2, 0.25) is 0 Å². The largest absolute Gasteiger partial charge is 0.454 e. The van der Waals surface area contributed by atoms with Gasteiger partial charge in [-0.3, -0.25) is 14.3 Å². The van der Waals surface area contributed by atoms with Crippen LogP contribution in [0.4, 0.5) is 0 Å². The third kappa shape index (κ3) is 2.69. The Labute approximate surface area is 153 Å². The Morgan fingerprint density at radius 2 is 2.07 bits per heavy atom. The van der Waals surface area contributed by atoms with Crippen LogP contribution in [0.15, 0.2) is 40.1 Å². The summed E-state index contributed by atoms with van der Waals surface area (Å²) in [6, 6.07) is 7.25. The van der Waals surface area contributed by atoms with E-state index in [1.165, 1.54) is 4.57 Å². The molecule has 1 fully saturated rings. The van der Waals surface area contributed by atoms with Crippen molar-refractivity contribution in [2.45, 2.75) is 25.5 Å². The highest BCUT2D eigenvalue weighted by atomic mass is 16.7. The van der Waals surface area contributed by atoms with Gasteiger partial charge in [0, 0.05) is 12.8 Å². The van der Waals surface area contributed by atoms with Gasteiger partial charge < -0.3 is 14.2 Å². The van der Waals surface area contributed by atoms with E-state index < -0.39 is 11.2 Å². The van der Waals surface area contributed by atoms with Crippen LogP contribution in [-0.4, -0.2) is 34.0 Å². The Morgan fingerprint density at radius 1 is 1.19 bits per heavy atom. The lowest BCUT2D eigenvalue weighted by molar-refractivity contribution is 0.0967. The Kier molecular flexibility index (Phi) is 3.71. The van der Waals surface area contributed by atoms with Crippen LogP contribution in [0.25, 0.3) is 22.2 Å². The van der Waals surface area contributed by atoms with Crippen molar-refractivity contribution in [3.05, 3.63) is 51.3 Å². The van der Waals surface area contributed by atoms with Gasteiger partial charge in [-0.2, -0.15) is 0 Å². The molecule has 8 heteroatoms. The van der Waals surface area contributed by atoms with Gasteiger partial charge in [-0.25, -0.2) is 9.78 Å². The monoisotopic (exact) mass is 367 g/mol. The van der Waals surface area contributed by atoms with Gasteiger partial charge in [0.25, 0.3) is 5.56 Å². The molecule has 3 aromatic rings. The maximum Gasteiger partial charge on any atom is 0.330 e. The summed E-state index contributed by atoms with van der Waals surface area (Å²) < 4.78 is 17.9. The molecule has 1 saturated heterocycles. The van der Waals surface area contributed by atoms with Crippen molar-refractivity contribution in [3.63, 3.8) is 0 Å². The molecule has 0 radical (unpaired) electrons. The van der Waals surface area contributed by atoms with E-state index in [1.807, 2.05) is 12.1 Å². The van der Waals surface area contributed by atoms with E-state index in [9.17, 15) is 9.59 Å². The predicted octanol–water partition coefficient (Wildman–Crippen LogP) is 1.66. The highest BCUT2D eigenvalue weighted by Crippen LogP contribution is 2.37. The fraction of sp³-hybridized carbons (Fsp3) is 0.316. The summed E-state index contributed by atoms with van der Waals surface area (Å²) >= 11 is 0. The minimum Gasteiger partial charge on any atom is -0.454 e. The van der Waals surface area contributed by atoms with Crippen molar-refractivity contribution in [2.24, 2.45) is 0 Å². The SMILES string of the molecule is O=c1[nH]c(=O)n(C[C@H]2CCCO2)c2nccc(-c3ccc4c(c3)OCO4)c12. The van der Waals surface area contributed by atoms with Crippen LogP contribution in [0, 0.1) is 0 Å². The zero-order chi connectivity index (χ0) is 18.4. The summed E-state index contributed by atoms with van der Waals surface area (Å²) in [6.45, 7) is 1.23. The van der Waals surface area contributed by atoms with E-state index in [-0.39, 0.29) is 12.9 Å². The van der Waals surface area contributed by atoms with E-state index in [2.05, 4.69) is 9.97 Å². The number of H-pyrrole nitrogens is 1. The fourth-order valence-electron chi connectivity index (χ4n) is 3.67. The van der Waals surface area contributed by atoms with Gasteiger partial charge in [0.1, 0.15) is 5.65 Å². The quantitative estimate of drug-likeness (QED) is 0.756. The van der Waals surface area contributed by atoms with Crippen molar-refractivity contribution >= 4 is 11.0 Å². The summed E-state index contributed by atoms with van der Waals surface area (Å²) in [7, 11) is 0. The molecule has 0 unspecified atom stereocenters. The van der Waals surface area contributed by atoms with Gasteiger partial charge in [-0.1, -0.05) is 6.07 Å². The molecule has 2 aliphatic heterocycles. The molecular weight excluding hydrogens is 350 g/mol. The first kappa shape index (κ1) is 16.1. The molecular formula is C19H17N3O5. The Balaban J connectivity index is 1.70. The van der Waals surface area contributed by atoms with Crippen LogP contribution in [0.1, 0.15) is 12.8 Å². The standard InChI is InChI=1S/C19H17N3O5/c23-18-16-13(11-3-4-14-15(8-11)27-10-26-14)5-6-20-17(16)22(19(24)21-18)9-12-2-1-7-25-12/h3-6,8,12H,1-2,7,9-10H2,(H,21,23,24)/t12-/m1/s1. The van der Waals surface area contributed by atoms with Gasteiger partial charge in [0.05, 0.1) is 18.0 Å². The van der Waals surface area contributed by atoms with Gasteiger partial charge in [-0.15, -0.1) is 0 Å². The van der Waals surface area contributed by atoms with E-state index in [0.29, 0.717) is 41.2 Å². The number of benzene rings is 1. The maximum absolute atomic E-state index is 12.6. The summed E-state index contributed by atoms with van der Waals surface area (Å²) in [6.07, 6.45) is 3.41. The molecule has 0 spiro atoms. The number of nitrogens with one attached hydrogen (secondary N) is 1. The normalized spacial score (nSPS) is 18.3. The molecule has 0 saturated carbocycles. The lowest BCUT2D eigenvalue weighted by atomic mass is 10.0. The number of aromatic nitrogens is 3. The lowest BCUT2D eigenvalue weighted by Crippen LogP contribution is -2.34. The number of hydrogen-bond donors (Lipinski definition) is 1.